The lowest BCUT2D eigenvalue weighted by molar-refractivity contribution is -0.108. The maximum absolute atomic E-state index is 13.1. The summed E-state index contributed by atoms with van der Waals surface area (Å²) in [5, 5.41) is 3.50. The molecule has 1 N–H and O–H groups in total. The Labute approximate surface area is 180 Å². The van der Waals surface area contributed by atoms with Crippen LogP contribution in [0.25, 0.3) is 10.4 Å². The molecule has 1 amide bonds. The zero-order valence-electron chi connectivity index (χ0n) is 16.2. The lowest BCUT2D eigenvalue weighted by Crippen LogP contribution is -2.42. The Morgan fingerprint density at radius 2 is 2.20 bits per heavy atom. The second-order valence-corrected chi connectivity index (χ2v) is 9.57. The van der Waals surface area contributed by atoms with Crippen LogP contribution in [0, 0.1) is 12.8 Å². The minimum atomic E-state index is -2.58. The van der Waals surface area contributed by atoms with E-state index >= 15 is 0 Å². The number of amides is 1. The third kappa shape index (κ3) is 3.50. The van der Waals surface area contributed by atoms with E-state index in [2.05, 4.69) is 14.7 Å². The highest BCUT2D eigenvalue weighted by molar-refractivity contribution is 7.17. The van der Waals surface area contributed by atoms with Crippen molar-refractivity contribution in [2.75, 3.05) is 6.54 Å². The van der Waals surface area contributed by atoms with Gasteiger partial charge in [0.25, 0.3) is 5.91 Å². The monoisotopic (exact) mass is 447 g/mol. The Morgan fingerprint density at radius 1 is 1.37 bits per heavy atom. The molecule has 1 saturated carbocycles. The molecule has 0 atom stereocenters. The molecule has 2 aliphatic rings. The second-order valence-electron chi connectivity index (χ2n) is 7.78. The molecule has 2 aliphatic carbocycles. The van der Waals surface area contributed by atoms with E-state index in [1.54, 1.807) is 6.20 Å². The number of thiophene rings is 1. The van der Waals surface area contributed by atoms with Gasteiger partial charge in [0.2, 0.25) is 5.92 Å². The molecule has 0 spiro atoms. The molecule has 3 aromatic heterocycles. The van der Waals surface area contributed by atoms with Crippen LogP contribution in [0.3, 0.4) is 0 Å². The van der Waals surface area contributed by atoms with Crippen LogP contribution in [0.5, 0.6) is 10.8 Å². The number of hydrogen-bond acceptors (Lipinski definition) is 6. The maximum atomic E-state index is 13.1. The number of aryl methyl sites for hydroxylation is 2. The fraction of sp³-hybridized carbons (Fsp3) is 0.381. The predicted octanol–water partition coefficient (Wildman–Crippen LogP) is 5.24. The van der Waals surface area contributed by atoms with Gasteiger partial charge in [0, 0.05) is 31.8 Å². The molecule has 9 heteroatoms. The van der Waals surface area contributed by atoms with Crippen molar-refractivity contribution in [3.8, 4) is 21.3 Å². The average Bonchev–Trinajstić information content (AvgIpc) is 3.30. The summed E-state index contributed by atoms with van der Waals surface area (Å²) < 4.78 is 36.7. The first-order valence-corrected chi connectivity index (χ1v) is 11.4. The number of carbonyl (C=O) groups is 1. The van der Waals surface area contributed by atoms with Crippen molar-refractivity contribution in [3.63, 3.8) is 0 Å². The number of nitrogens with one attached hydrogen (secondary N) is 1. The molecule has 5 rings (SSSR count). The molecule has 5 nitrogen and oxygen atoms in total. The quantitative estimate of drug-likeness (QED) is 0.581. The Hall–Kier alpha value is -2.39. The Kier molecular flexibility index (Phi) is 4.82. The fourth-order valence-electron chi connectivity index (χ4n) is 3.99. The average molecular weight is 448 g/mol. The molecule has 3 aromatic rings. The smallest absolute Gasteiger partial charge is 0.261 e. The zero-order chi connectivity index (χ0) is 20.9. The van der Waals surface area contributed by atoms with Crippen LogP contribution in [0.2, 0.25) is 0 Å². The van der Waals surface area contributed by atoms with Gasteiger partial charge in [0.05, 0.1) is 21.0 Å². The Bertz CT molecular complexity index is 1120. The number of carbonyl (C=O) groups excluding carboxylic acids is 1. The largest absolute Gasteiger partial charge is 0.444 e. The van der Waals surface area contributed by atoms with Crippen LogP contribution in [-0.4, -0.2) is 27.7 Å². The Morgan fingerprint density at radius 3 is 2.97 bits per heavy atom. The van der Waals surface area contributed by atoms with Gasteiger partial charge in [-0.3, -0.25) is 9.78 Å². The molecule has 0 saturated heterocycles. The van der Waals surface area contributed by atoms with Gasteiger partial charge in [0.1, 0.15) is 5.75 Å². The van der Waals surface area contributed by atoms with Crippen molar-refractivity contribution in [3.05, 3.63) is 46.2 Å². The van der Waals surface area contributed by atoms with E-state index in [0.29, 0.717) is 15.7 Å². The number of nitrogens with zero attached hydrogens (tertiary/aromatic N) is 2. The van der Waals surface area contributed by atoms with E-state index in [-0.39, 0.29) is 31.2 Å². The highest BCUT2D eigenvalue weighted by atomic mass is 32.1. The minimum absolute atomic E-state index is 0.158. The minimum Gasteiger partial charge on any atom is -0.444 e. The number of pyridine rings is 1. The molecular weight excluding hydrogens is 428 g/mol. The standard InChI is InChI=1S/C21H19F2N3O2S2/c1-11-15(3-2-6-24-11)28-20-16-14(5-4-13-10-26-30-17(13)16)18(29-20)19(27)25-9-12-7-21(22,23)8-12/h2-3,6,10,12H,4-5,7-9H2,1H3,(H,25,27). The van der Waals surface area contributed by atoms with Crippen molar-refractivity contribution >= 4 is 28.8 Å². The zero-order valence-corrected chi connectivity index (χ0v) is 17.8. The van der Waals surface area contributed by atoms with Gasteiger partial charge in [-0.05, 0) is 60.5 Å². The Balaban J connectivity index is 1.45. The van der Waals surface area contributed by atoms with Gasteiger partial charge in [-0.15, -0.1) is 0 Å². The first kappa shape index (κ1) is 19.6. The van der Waals surface area contributed by atoms with E-state index in [4.69, 9.17) is 4.74 Å². The number of fused-ring (bicyclic) bond motifs is 3. The number of alkyl halides is 2. The highest BCUT2D eigenvalue weighted by Gasteiger charge is 2.45. The lowest BCUT2D eigenvalue weighted by Gasteiger charge is -2.34. The van der Waals surface area contributed by atoms with Gasteiger partial charge in [-0.1, -0.05) is 11.3 Å². The molecule has 0 radical (unpaired) electrons. The SMILES string of the molecule is Cc1ncccc1Oc1sc(C(=O)NCC2CC(F)(F)C2)c2c1-c1sncc1CC2. The highest BCUT2D eigenvalue weighted by Crippen LogP contribution is 2.50. The molecule has 1 fully saturated rings. The van der Waals surface area contributed by atoms with Gasteiger partial charge in [-0.2, -0.15) is 0 Å². The molecule has 3 heterocycles. The molecule has 0 unspecified atom stereocenters. The summed E-state index contributed by atoms with van der Waals surface area (Å²) in [6.45, 7) is 2.14. The topological polar surface area (TPSA) is 64.1 Å². The summed E-state index contributed by atoms with van der Waals surface area (Å²) in [4.78, 5) is 18.8. The summed E-state index contributed by atoms with van der Waals surface area (Å²) in [5.74, 6) is -2.33. The summed E-state index contributed by atoms with van der Waals surface area (Å²) in [7, 11) is 0. The van der Waals surface area contributed by atoms with Crippen LogP contribution in [0.4, 0.5) is 8.78 Å². The van der Waals surface area contributed by atoms with Crippen LogP contribution >= 0.6 is 22.9 Å². The van der Waals surface area contributed by atoms with Gasteiger partial charge in [-0.25, -0.2) is 13.2 Å². The van der Waals surface area contributed by atoms with Crippen LogP contribution in [0.15, 0.2) is 24.5 Å². The van der Waals surface area contributed by atoms with Gasteiger partial charge in [0.15, 0.2) is 5.06 Å². The lowest BCUT2D eigenvalue weighted by atomic mass is 9.81. The summed E-state index contributed by atoms with van der Waals surface area (Å²) >= 11 is 2.70. The molecule has 30 heavy (non-hydrogen) atoms. The molecular formula is C21H19F2N3O2S2. The normalized spacial score (nSPS) is 17.0. The van der Waals surface area contributed by atoms with Crippen LogP contribution < -0.4 is 10.1 Å². The molecule has 0 aromatic carbocycles. The van der Waals surface area contributed by atoms with Crippen molar-refractivity contribution in [1.29, 1.82) is 0 Å². The fourth-order valence-corrected chi connectivity index (χ4v) is 6.06. The number of ether oxygens (including phenoxy) is 1. The number of aromatic nitrogens is 2. The van der Waals surface area contributed by atoms with E-state index in [0.717, 1.165) is 40.1 Å². The maximum Gasteiger partial charge on any atom is 0.261 e. The summed E-state index contributed by atoms with van der Waals surface area (Å²) in [6, 6.07) is 3.66. The van der Waals surface area contributed by atoms with Crippen molar-refractivity contribution in [2.24, 2.45) is 5.92 Å². The van der Waals surface area contributed by atoms with Crippen molar-refractivity contribution in [1.82, 2.24) is 14.7 Å². The van der Waals surface area contributed by atoms with Crippen LogP contribution in [0.1, 0.15) is 39.3 Å². The van der Waals surface area contributed by atoms with Gasteiger partial charge < -0.3 is 10.1 Å². The van der Waals surface area contributed by atoms with E-state index in [9.17, 15) is 13.6 Å². The number of halogens is 2. The first-order chi connectivity index (χ1) is 14.4. The number of rotatable bonds is 5. The van der Waals surface area contributed by atoms with E-state index in [1.807, 2.05) is 25.3 Å². The van der Waals surface area contributed by atoms with E-state index < -0.39 is 5.92 Å². The van der Waals surface area contributed by atoms with Gasteiger partial charge >= 0.3 is 0 Å². The third-order valence-electron chi connectivity index (χ3n) is 5.58. The van der Waals surface area contributed by atoms with Crippen molar-refractivity contribution in [2.45, 2.75) is 38.5 Å². The number of hydrogen-bond donors (Lipinski definition) is 1. The van der Waals surface area contributed by atoms with Crippen LogP contribution in [-0.2, 0) is 12.8 Å². The summed E-state index contributed by atoms with van der Waals surface area (Å²) in [6.07, 6.45) is 4.79. The summed E-state index contributed by atoms with van der Waals surface area (Å²) in [5.41, 5.74) is 3.79. The second kappa shape index (κ2) is 7.39. The predicted molar refractivity (Wildman–Crippen MR) is 112 cm³/mol. The molecule has 0 aliphatic heterocycles. The van der Waals surface area contributed by atoms with Crippen molar-refractivity contribution < 1.29 is 18.3 Å². The molecule has 0 bridgehead atoms. The van der Waals surface area contributed by atoms with E-state index in [1.165, 1.54) is 22.9 Å². The molecule has 156 valence electrons. The third-order valence-corrected chi connectivity index (χ3v) is 7.55. The first-order valence-electron chi connectivity index (χ1n) is 9.76.